The zero-order valence-corrected chi connectivity index (χ0v) is 6.09. The van der Waals surface area contributed by atoms with Gasteiger partial charge < -0.3 is 14.9 Å². The van der Waals surface area contributed by atoms with Gasteiger partial charge in [-0.1, -0.05) is 6.92 Å². The third-order valence-electron chi connectivity index (χ3n) is 1.52. The molecule has 0 aromatic rings. The van der Waals surface area contributed by atoms with Crippen molar-refractivity contribution in [3.8, 4) is 0 Å². The van der Waals surface area contributed by atoms with Crippen molar-refractivity contribution >= 4 is 0 Å². The molecule has 0 aliphatic carbocycles. The van der Waals surface area contributed by atoms with Crippen LogP contribution in [0.2, 0.25) is 0 Å². The molecule has 0 bridgehead atoms. The fourth-order valence-electron chi connectivity index (χ4n) is 0.476. The van der Waals surface area contributed by atoms with Gasteiger partial charge in [0.2, 0.25) is 0 Å². The molecule has 0 heterocycles. The number of aliphatic hydroxyl groups is 2. The van der Waals surface area contributed by atoms with Crippen LogP contribution in [0, 0.1) is 0 Å². The van der Waals surface area contributed by atoms with E-state index in [1.54, 1.807) is 13.8 Å². The predicted octanol–water partition coefficient (Wildman–Crippen LogP) is 0.112. The van der Waals surface area contributed by atoms with E-state index >= 15 is 0 Å². The van der Waals surface area contributed by atoms with E-state index in [0.29, 0.717) is 0 Å². The number of ether oxygens (including phenoxy) is 1. The smallest absolute Gasteiger partial charge is 0.189 e. The van der Waals surface area contributed by atoms with Gasteiger partial charge in [0.15, 0.2) is 5.79 Å². The second-order valence-corrected chi connectivity index (χ2v) is 2.11. The average molecular weight is 134 g/mol. The Hall–Kier alpha value is -0.120. The SMILES string of the molecule is CCC(O)(O)C(C)OC. The van der Waals surface area contributed by atoms with Crippen molar-refractivity contribution in [2.45, 2.75) is 32.2 Å². The minimum atomic E-state index is -1.67. The van der Waals surface area contributed by atoms with Gasteiger partial charge in [0, 0.05) is 13.5 Å². The monoisotopic (exact) mass is 134 g/mol. The van der Waals surface area contributed by atoms with Gasteiger partial charge in [-0.05, 0) is 6.92 Å². The van der Waals surface area contributed by atoms with Crippen molar-refractivity contribution in [2.75, 3.05) is 7.11 Å². The molecule has 3 nitrogen and oxygen atoms in total. The van der Waals surface area contributed by atoms with E-state index in [0.717, 1.165) is 0 Å². The van der Waals surface area contributed by atoms with E-state index < -0.39 is 11.9 Å². The minimum Gasteiger partial charge on any atom is -0.376 e. The summed E-state index contributed by atoms with van der Waals surface area (Å²) in [5.41, 5.74) is 0. The minimum absolute atomic E-state index is 0.280. The number of rotatable bonds is 3. The first-order valence-electron chi connectivity index (χ1n) is 3.02. The molecule has 3 heteroatoms. The van der Waals surface area contributed by atoms with Gasteiger partial charge in [-0.15, -0.1) is 0 Å². The lowest BCUT2D eigenvalue weighted by molar-refractivity contribution is -0.227. The average Bonchev–Trinajstić information content (AvgIpc) is 1.86. The van der Waals surface area contributed by atoms with E-state index in [2.05, 4.69) is 0 Å². The molecule has 0 spiro atoms. The molecular weight excluding hydrogens is 120 g/mol. The first-order chi connectivity index (χ1) is 4.04. The molecule has 0 saturated heterocycles. The Balaban J connectivity index is 3.80. The molecule has 9 heavy (non-hydrogen) atoms. The molecule has 0 amide bonds. The van der Waals surface area contributed by atoms with Crippen LogP contribution < -0.4 is 0 Å². The lowest BCUT2D eigenvalue weighted by Gasteiger charge is -2.25. The van der Waals surface area contributed by atoms with Crippen molar-refractivity contribution in [1.82, 2.24) is 0 Å². The van der Waals surface area contributed by atoms with Crippen LogP contribution in [0.15, 0.2) is 0 Å². The van der Waals surface area contributed by atoms with E-state index in [1.807, 2.05) is 0 Å². The Kier molecular flexibility index (Phi) is 3.11. The fraction of sp³-hybridized carbons (Fsp3) is 1.00. The first kappa shape index (κ1) is 8.88. The Labute approximate surface area is 55.3 Å². The molecule has 1 atom stereocenters. The third kappa shape index (κ3) is 2.30. The van der Waals surface area contributed by atoms with Gasteiger partial charge in [0.05, 0.1) is 0 Å². The summed E-state index contributed by atoms with van der Waals surface area (Å²) in [6.07, 6.45) is -0.246. The zero-order chi connectivity index (χ0) is 7.49. The maximum absolute atomic E-state index is 9.02. The summed E-state index contributed by atoms with van der Waals surface area (Å²) in [5.74, 6) is -1.67. The molecular formula is C6H14O3. The Morgan fingerprint density at radius 1 is 1.56 bits per heavy atom. The molecule has 0 saturated carbocycles. The van der Waals surface area contributed by atoms with E-state index in [-0.39, 0.29) is 6.42 Å². The van der Waals surface area contributed by atoms with E-state index in [1.165, 1.54) is 7.11 Å². The van der Waals surface area contributed by atoms with Gasteiger partial charge in [-0.3, -0.25) is 0 Å². The first-order valence-corrected chi connectivity index (χ1v) is 3.02. The van der Waals surface area contributed by atoms with Crippen LogP contribution in [0.4, 0.5) is 0 Å². The van der Waals surface area contributed by atoms with Crippen LogP contribution in [0.5, 0.6) is 0 Å². The van der Waals surface area contributed by atoms with Gasteiger partial charge in [0.1, 0.15) is 6.10 Å². The summed E-state index contributed by atoms with van der Waals surface area (Å²) in [6.45, 7) is 3.30. The Morgan fingerprint density at radius 3 is 2.11 bits per heavy atom. The van der Waals surface area contributed by atoms with Crippen LogP contribution in [-0.4, -0.2) is 29.2 Å². The highest BCUT2D eigenvalue weighted by atomic mass is 16.6. The van der Waals surface area contributed by atoms with Gasteiger partial charge >= 0.3 is 0 Å². The van der Waals surface area contributed by atoms with Crippen LogP contribution >= 0.6 is 0 Å². The lowest BCUT2D eigenvalue weighted by atomic mass is 10.1. The molecule has 0 radical (unpaired) electrons. The molecule has 0 rings (SSSR count). The Bertz CT molecular complexity index is 80.4. The second kappa shape index (κ2) is 3.15. The molecule has 0 aromatic heterocycles. The molecule has 2 N–H and O–H groups in total. The molecule has 1 unspecified atom stereocenters. The molecule has 0 fully saturated rings. The number of hydrogen-bond acceptors (Lipinski definition) is 3. The summed E-state index contributed by atoms with van der Waals surface area (Å²) in [6, 6.07) is 0. The van der Waals surface area contributed by atoms with Crippen LogP contribution in [0.1, 0.15) is 20.3 Å². The molecule has 0 aliphatic heterocycles. The predicted molar refractivity (Wildman–Crippen MR) is 33.9 cm³/mol. The molecule has 56 valence electrons. The number of hydrogen-bond donors (Lipinski definition) is 2. The van der Waals surface area contributed by atoms with Crippen molar-refractivity contribution < 1.29 is 14.9 Å². The second-order valence-electron chi connectivity index (χ2n) is 2.11. The highest BCUT2D eigenvalue weighted by Gasteiger charge is 2.28. The van der Waals surface area contributed by atoms with Crippen LogP contribution in [0.3, 0.4) is 0 Å². The summed E-state index contributed by atoms with van der Waals surface area (Å²) in [4.78, 5) is 0. The summed E-state index contributed by atoms with van der Waals surface area (Å²) < 4.78 is 4.71. The maximum Gasteiger partial charge on any atom is 0.189 e. The van der Waals surface area contributed by atoms with Crippen molar-refractivity contribution in [3.05, 3.63) is 0 Å². The van der Waals surface area contributed by atoms with Crippen molar-refractivity contribution in [3.63, 3.8) is 0 Å². The standard InChI is InChI=1S/C6H14O3/c1-4-6(7,8)5(2)9-3/h5,7-8H,4H2,1-3H3. The molecule has 0 aromatic carbocycles. The number of methoxy groups -OCH3 is 1. The zero-order valence-electron chi connectivity index (χ0n) is 6.09. The molecule has 0 aliphatic rings. The summed E-state index contributed by atoms with van der Waals surface area (Å²) >= 11 is 0. The Morgan fingerprint density at radius 2 is 2.00 bits per heavy atom. The quantitative estimate of drug-likeness (QED) is 0.539. The van der Waals surface area contributed by atoms with Gasteiger partial charge in [-0.25, -0.2) is 0 Å². The largest absolute Gasteiger partial charge is 0.376 e. The van der Waals surface area contributed by atoms with E-state index in [9.17, 15) is 0 Å². The van der Waals surface area contributed by atoms with Crippen molar-refractivity contribution in [1.29, 1.82) is 0 Å². The summed E-state index contributed by atoms with van der Waals surface area (Å²) in [5, 5.41) is 18.0. The normalized spacial score (nSPS) is 15.7. The van der Waals surface area contributed by atoms with Crippen molar-refractivity contribution in [2.24, 2.45) is 0 Å². The topological polar surface area (TPSA) is 49.7 Å². The van der Waals surface area contributed by atoms with E-state index in [4.69, 9.17) is 14.9 Å². The third-order valence-corrected chi connectivity index (χ3v) is 1.52. The lowest BCUT2D eigenvalue weighted by Crippen LogP contribution is -2.40. The highest BCUT2D eigenvalue weighted by molar-refractivity contribution is 4.69. The van der Waals surface area contributed by atoms with Crippen LogP contribution in [-0.2, 0) is 4.74 Å². The van der Waals surface area contributed by atoms with Crippen LogP contribution in [0.25, 0.3) is 0 Å². The highest BCUT2D eigenvalue weighted by Crippen LogP contribution is 2.12. The van der Waals surface area contributed by atoms with Gasteiger partial charge in [0.25, 0.3) is 0 Å². The summed E-state index contributed by atoms with van der Waals surface area (Å²) in [7, 11) is 1.45. The van der Waals surface area contributed by atoms with Gasteiger partial charge in [-0.2, -0.15) is 0 Å². The maximum atomic E-state index is 9.02. The fourth-order valence-corrected chi connectivity index (χ4v) is 0.476.